The second kappa shape index (κ2) is 6.37. The summed E-state index contributed by atoms with van der Waals surface area (Å²) in [6.07, 6.45) is 3.03. The number of hydrogen-bond acceptors (Lipinski definition) is 3. The van der Waals surface area contributed by atoms with Crippen LogP contribution in [-0.4, -0.2) is 29.9 Å². The van der Waals surface area contributed by atoms with Crippen LogP contribution in [0.2, 0.25) is 0 Å². The van der Waals surface area contributed by atoms with Crippen LogP contribution in [0.4, 0.5) is 0 Å². The van der Waals surface area contributed by atoms with Crippen molar-refractivity contribution in [1.82, 2.24) is 5.32 Å². The lowest BCUT2D eigenvalue weighted by Gasteiger charge is -2.28. The first-order valence-corrected chi connectivity index (χ1v) is 8.02. The molecule has 1 aliphatic rings. The average molecular weight is 291 g/mol. The highest BCUT2D eigenvalue weighted by Gasteiger charge is 2.39. The maximum atomic E-state index is 9.66. The van der Waals surface area contributed by atoms with Crippen LogP contribution in [0.1, 0.15) is 52.5 Å². The number of rotatable bonds is 5. The summed E-state index contributed by atoms with van der Waals surface area (Å²) in [6.45, 7) is 9.78. The molecule has 2 N–H and O–H groups in total. The van der Waals surface area contributed by atoms with Gasteiger partial charge in [-0.3, -0.25) is 0 Å². The van der Waals surface area contributed by atoms with Crippen LogP contribution in [-0.2, 0) is 5.41 Å². The van der Waals surface area contributed by atoms with Crippen LogP contribution in [0.3, 0.4) is 0 Å². The van der Waals surface area contributed by atoms with Crippen LogP contribution in [0, 0.1) is 0 Å². The van der Waals surface area contributed by atoms with Crippen molar-refractivity contribution >= 4 is 0 Å². The van der Waals surface area contributed by atoms with Gasteiger partial charge in [0.2, 0.25) is 0 Å². The summed E-state index contributed by atoms with van der Waals surface area (Å²) in [4.78, 5) is 0. The van der Waals surface area contributed by atoms with Crippen LogP contribution < -0.4 is 10.1 Å². The second-order valence-electron chi connectivity index (χ2n) is 7.23. The monoisotopic (exact) mass is 291 g/mol. The van der Waals surface area contributed by atoms with Gasteiger partial charge in [-0.05, 0) is 42.5 Å². The molecule has 2 atom stereocenters. The van der Waals surface area contributed by atoms with Crippen LogP contribution in [0.15, 0.2) is 24.3 Å². The molecule has 1 aliphatic carbocycles. The van der Waals surface area contributed by atoms with Gasteiger partial charge in [0.25, 0.3) is 0 Å². The van der Waals surface area contributed by atoms with E-state index >= 15 is 0 Å². The van der Waals surface area contributed by atoms with E-state index < -0.39 is 0 Å². The smallest absolute Gasteiger partial charge is 0.120 e. The molecule has 21 heavy (non-hydrogen) atoms. The van der Waals surface area contributed by atoms with E-state index in [4.69, 9.17) is 4.74 Å². The zero-order chi connectivity index (χ0) is 15.5. The summed E-state index contributed by atoms with van der Waals surface area (Å²) in [5.74, 6) is 0.942. The Morgan fingerprint density at radius 1 is 1.38 bits per heavy atom. The maximum absolute atomic E-state index is 9.66. The fourth-order valence-corrected chi connectivity index (χ4v) is 3.14. The molecule has 3 heteroatoms. The van der Waals surface area contributed by atoms with Crippen LogP contribution >= 0.6 is 0 Å². The predicted octanol–water partition coefficient (Wildman–Crippen LogP) is 3.26. The fourth-order valence-electron chi connectivity index (χ4n) is 3.14. The highest BCUT2D eigenvalue weighted by molar-refractivity contribution is 5.32. The summed E-state index contributed by atoms with van der Waals surface area (Å²) < 4.78 is 6.16. The van der Waals surface area contributed by atoms with Gasteiger partial charge in [-0.15, -0.1) is 0 Å². The minimum Gasteiger partial charge on any atom is -0.490 e. The average Bonchev–Trinajstić information content (AvgIpc) is 2.82. The first-order chi connectivity index (χ1) is 9.88. The maximum Gasteiger partial charge on any atom is 0.120 e. The number of nitrogens with one attached hydrogen (secondary N) is 1. The summed E-state index contributed by atoms with van der Waals surface area (Å²) in [6, 6.07) is 8.39. The van der Waals surface area contributed by atoms with E-state index in [1.165, 1.54) is 5.56 Å². The molecule has 1 saturated carbocycles. The van der Waals surface area contributed by atoms with Gasteiger partial charge < -0.3 is 15.2 Å². The molecule has 0 heterocycles. The minimum atomic E-state index is -0.152. The summed E-state index contributed by atoms with van der Waals surface area (Å²) >= 11 is 0. The van der Waals surface area contributed by atoms with Crippen LogP contribution in [0.5, 0.6) is 5.75 Å². The molecule has 0 spiro atoms. The van der Waals surface area contributed by atoms with Crippen molar-refractivity contribution in [2.45, 2.75) is 64.0 Å². The molecule has 0 aliphatic heterocycles. The first-order valence-electron chi connectivity index (χ1n) is 8.02. The Morgan fingerprint density at radius 2 is 2.14 bits per heavy atom. The lowest BCUT2D eigenvalue weighted by Crippen LogP contribution is -2.46. The van der Waals surface area contributed by atoms with Gasteiger partial charge >= 0.3 is 0 Å². The van der Waals surface area contributed by atoms with Crippen molar-refractivity contribution in [3.63, 3.8) is 0 Å². The van der Waals surface area contributed by atoms with Gasteiger partial charge in [0.1, 0.15) is 11.9 Å². The molecule has 0 saturated heterocycles. The summed E-state index contributed by atoms with van der Waals surface area (Å²) in [7, 11) is 0. The van der Waals surface area contributed by atoms with E-state index in [-0.39, 0.29) is 23.7 Å². The number of aliphatic hydroxyl groups excluding tert-OH is 1. The molecule has 2 rings (SSSR count). The summed E-state index contributed by atoms with van der Waals surface area (Å²) in [5, 5.41) is 13.1. The predicted molar refractivity (Wildman–Crippen MR) is 86.9 cm³/mol. The van der Waals surface area contributed by atoms with Gasteiger partial charge in [0, 0.05) is 12.0 Å². The normalized spacial score (nSPS) is 26.0. The zero-order valence-electron chi connectivity index (χ0n) is 13.8. The third-order valence-corrected chi connectivity index (χ3v) is 4.42. The molecule has 1 aromatic rings. The molecule has 1 fully saturated rings. The van der Waals surface area contributed by atoms with E-state index in [1.807, 2.05) is 6.07 Å². The van der Waals surface area contributed by atoms with Crippen molar-refractivity contribution in [3.05, 3.63) is 29.8 Å². The molecule has 2 unspecified atom stereocenters. The zero-order valence-corrected chi connectivity index (χ0v) is 13.8. The molecular weight excluding hydrogens is 262 g/mol. The van der Waals surface area contributed by atoms with E-state index in [1.54, 1.807) is 0 Å². The molecule has 0 amide bonds. The van der Waals surface area contributed by atoms with Gasteiger partial charge in [0.15, 0.2) is 0 Å². The summed E-state index contributed by atoms with van der Waals surface area (Å²) in [5.41, 5.74) is 1.27. The Morgan fingerprint density at radius 3 is 2.76 bits per heavy atom. The van der Waals surface area contributed by atoms with E-state index in [2.05, 4.69) is 51.2 Å². The van der Waals surface area contributed by atoms with E-state index in [0.717, 1.165) is 31.6 Å². The Bertz CT molecular complexity index is 467. The third-order valence-electron chi connectivity index (χ3n) is 4.42. The van der Waals surface area contributed by atoms with Gasteiger partial charge in [-0.1, -0.05) is 39.8 Å². The number of ether oxygens (including phenoxy) is 1. The molecular formula is C18H29NO2. The number of likely N-dealkylation sites (N-methyl/N-ethyl adjacent to an activating group) is 1. The standard InChI is InChI=1S/C18H29NO2/c1-5-19-18(13-20)10-9-16(12-18)21-15-8-6-7-14(11-15)17(2,3)4/h6-8,11,16,19-20H,5,9-10,12-13H2,1-4H3. The SMILES string of the molecule is CCNC1(CO)CCC(Oc2cccc(C(C)(C)C)c2)C1. The second-order valence-corrected chi connectivity index (χ2v) is 7.23. The van der Waals surface area contributed by atoms with E-state index in [9.17, 15) is 5.11 Å². The van der Waals surface area contributed by atoms with E-state index in [0.29, 0.717) is 0 Å². The van der Waals surface area contributed by atoms with Gasteiger partial charge in [-0.25, -0.2) is 0 Å². The molecule has 0 bridgehead atoms. The number of hydrogen-bond donors (Lipinski definition) is 2. The van der Waals surface area contributed by atoms with Crippen molar-refractivity contribution in [1.29, 1.82) is 0 Å². The Hall–Kier alpha value is -1.06. The van der Waals surface area contributed by atoms with Crippen molar-refractivity contribution in [2.24, 2.45) is 0 Å². The van der Waals surface area contributed by atoms with Crippen molar-refractivity contribution < 1.29 is 9.84 Å². The lowest BCUT2D eigenvalue weighted by atomic mass is 9.87. The molecule has 118 valence electrons. The highest BCUT2D eigenvalue weighted by Crippen LogP contribution is 2.33. The fraction of sp³-hybridized carbons (Fsp3) is 0.667. The third kappa shape index (κ3) is 3.98. The number of benzene rings is 1. The topological polar surface area (TPSA) is 41.5 Å². The highest BCUT2D eigenvalue weighted by atomic mass is 16.5. The van der Waals surface area contributed by atoms with Crippen molar-refractivity contribution in [3.8, 4) is 5.75 Å². The van der Waals surface area contributed by atoms with Gasteiger partial charge in [0.05, 0.1) is 6.61 Å². The first kappa shape index (κ1) is 16.3. The quantitative estimate of drug-likeness (QED) is 0.875. The molecule has 1 aromatic carbocycles. The Kier molecular flexibility index (Phi) is 4.95. The largest absolute Gasteiger partial charge is 0.490 e. The molecule has 0 aromatic heterocycles. The minimum absolute atomic E-state index is 0.133. The van der Waals surface area contributed by atoms with Crippen molar-refractivity contribution in [2.75, 3.05) is 13.2 Å². The Labute approximate surface area is 128 Å². The van der Waals surface area contributed by atoms with Gasteiger partial charge in [-0.2, -0.15) is 0 Å². The Balaban J connectivity index is 2.03. The lowest BCUT2D eigenvalue weighted by molar-refractivity contribution is 0.142. The molecule has 3 nitrogen and oxygen atoms in total. The molecule has 0 radical (unpaired) electrons. The van der Waals surface area contributed by atoms with Crippen LogP contribution in [0.25, 0.3) is 0 Å². The number of aliphatic hydroxyl groups is 1.